The Balaban J connectivity index is 2.06. The Morgan fingerprint density at radius 3 is 2.57 bits per heavy atom. The van der Waals surface area contributed by atoms with Crippen molar-refractivity contribution in [3.63, 3.8) is 0 Å². The second kappa shape index (κ2) is 6.22. The predicted octanol–water partition coefficient (Wildman–Crippen LogP) is 1.32. The van der Waals surface area contributed by atoms with Crippen LogP contribution in [0.5, 0.6) is 0 Å². The lowest BCUT2D eigenvalue weighted by Gasteiger charge is -2.34. The molecule has 0 aromatic rings. The van der Waals surface area contributed by atoms with E-state index < -0.39 is 11.4 Å². The van der Waals surface area contributed by atoms with Crippen LogP contribution in [0.15, 0.2) is 0 Å². The van der Waals surface area contributed by atoms with Crippen LogP contribution in [-0.2, 0) is 4.79 Å². The second-order valence-electron chi connectivity index (χ2n) is 6.69. The number of likely N-dealkylation sites (N-methyl/N-ethyl adjacent to an activating group) is 1. The van der Waals surface area contributed by atoms with Crippen molar-refractivity contribution >= 4 is 12.0 Å². The van der Waals surface area contributed by atoms with Crippen molar-refractivity contribution in [2.24, 2.45) is 5.41 Å². The van der Waals surface area contributed by atoms with E-state index in [1.54, 1.807) is 11.8 Å². The third-order valence-electron chi connectivity index (χ3n) is 4.88. The molecule has 0 bridgehead atoms. The number of carboxylic acids is 1. The summed E-state index contributed by atoms with van der Waals surface area (Å²) in [4.78, 5) is 30.1. The first kappa shape index (κ1) is 16.1. The molecule has 2 heterocycles. The van der Waals surface area contributed by atoms with Gasteiger partial charge in [-0.15, -0.1) is 0 Å². The fourth-order valence-electron chi connectivity index (χ4n) is 3.33. The van der Waals surface area contributed by atoms with Crippen molar-refractivity contribution in [3.05, 3.63) is 0 Å². The molecule has 2 atom stereocenters. The number of hydrogen-bond donors (Lipinski definition) is 1. The number of aliphatic carboxylic acids is 1. The molecule has 0 aliphatic carbocycles. The standard InChI is InChI=1S/C15H27N3O3/c1-4-12-10-16(3)7-5-8-18(12)14(21)17-9-6-15(2,11-17)13(19)20/h12H,4-11H2,1-3H3,(H,19,20). The monoisotopic (exact) mass is 297 g/mol. The van der Waals surface area contributed by atoms with Gasteiger partial charge >= 0.3 is 12.0 Å². The smallest absolute Gasteiger partial charge is 0.320 e. The van der Waals surface area contributed by atoms with Crippen LogP contribution in [0.1, 0.15) is 33.1 Å². The molecule has 2 aliphatic heterocycles. The van der Waals surface area contributed by atoms with Crippen molar-refractivity contribution < 1.29 is 14.7 Å². The van der Waals surface area contributed by atoms with E-state index in [0.717, 1.165) is 32.5 Å². The molecule has 120 valence electrons. The lowest BCUT2D eigenvalue weighted by molar-refractivity contribution is -0.147. The van der Waals surface area contributed by atoms with Gasteiger partial charge in [0.25, 0.3) is 0 Å². The maximum atomic E-state index is 12.8. The molecule has 0 spiro atoms. The summed E-state index contributed by atoms with van der Waals surface area (Å²) in [7, 11) is 2.09. The molecule has 0 saturated carbocycles. The number of carbonyl (C=O) groups excluding carboxylic acids is 1. The fraction of sp³-hybridized carbons (Fsp3) is 0.867. The van der Waals surface area contributed by atoms with E-state index >= 15 is 0 Å². The van der Waals surface area contributed by atoms with Crippen molar-refractivity contribution in [2.75, 3.05) is 39.8 Å². The van der Waals surface area contributed by atoms with Crippen molar-refractivity contribution in [1.29, 1.82) is 0 Å². The molecular formula is C15H27N3O3. The molecule has 2 saturated heterocycles. The van der Waals surface area contributed by atoms with Gasteiger partial charge in [-0.05, 0) is 39.8 Å². The number of likely N-dealkylation sites (tertiary alicyclic amines) is 1. The van der Waals surface area contributed by atoms with Crippen molar-refractivity contribution in [1.82, 2.24) is 14.7 Å². The molecule has 2 fully saturated rings. The highest BCUT2D eigenvalue weighted by Gasteiger charge is 2.43. The van der Waals surface area contributed by atoms with Crippen LogP contribution in [-0.4, -0.2) is 77.6 Å². The number of nitrogens with zero attached hydrogens (tertiary/aromatic N) is 3. The quantitative estimate of drug-likeness (QED) is 0.835. The van der Waals surface area contributed by atoms with Crippen LogP contribution in [0.4, 0.5) is 4.79 Å². The molecule has 2 aliphatic rings. The van der Waals surface area contributed by atoms with E-state index in [0.29, 0.717) is 19.5 Å². The lowest BCUT2D eigenvalue weighted by atomic mass is 9.90. The van der Waals surface area contributed by atoms with Crippen molar-refractivity contribution in [3.8, 4) is 0 Å². The normalized spacial score (nSPS) is 31.3. The Bertz CT molecular complexity index is 415. The second-order valence-corrected chi connectivity index (χ2v) is 6.69. The minimum Gasteiger partial charge on any atom is -0.481 e. The molecule has 2 unspecified atom stereocenters. The molecular weight excluding hydrogens is 270 g/mol. The third-order valence-corrected chi connectivity index (χ3v) is 4.88. The average molecular weight is 297 g/mol. The van der Waals surface area contributed by atoms with Gasteiger partial charge in [-0.2, -0.15) is 0 Å². The highest BCUT2D eigenvalue weighted by atomic mass is 16.4. The summed E-state index contributed by atoms with van der Waals surface area (Å²) in [6.45, 7) is 7.38. The minimum absolute atomic E-state index is 0.0159. The molecule has 2 amide bonds. The number of hydrogen-bond acceptors (Lipinski definition) is 3. The van der Waals surface area contributed by atoms with Crippen LogP contribution < -0.4 is 0 Å². The number of carbonyl (C=O) groups is 2. The summed E-state index contributed by atoms with van der Waals surface area (Å²) in [6, 6.07) is 0.240. The first-order valence-electron chi connectivity index (χ1n) is 7.85. The van der Waals surface area contributed by atoms with Crippen LogP contribution in [0, 0.1) is 5.41 Å². The summed E-state index contributed by atoms with van der Waals surface area (Å²) in [5.41, 5.74) is -0.792. The third kappa shape index (κ3) is 3.31. The van der Waals surface area contributed by atoms with Crippen LogP contribution in [0.25, 0.3) is 0 Å². The van der Waals surface area contributed by atoms with Gasteiger partial charge in [0.1, 0.15) is 0 Å². The summed E-state index contributed by atoms with van der Waals surface area (Å²) < 4.78 is 0. The lowest BCUT2D eigenvalue weighted by Crippen LogP contribution is -2.50. The number of amides is 2. The topological polar surface area (TPSA) is 64.1 Å². The van der Waals surface area contributed by atoms with Gasteiger partial charge in [-0.3, -0.25) is 4.79 Å². The Kier molecular flexibility index (Phi) is 4.76. The molecule has 6 heteroatoms. The molecule has 0 radical (unpaired) electrons. The van der Waals surface area contributed by atoms with Gasteiger partial charge in [0.2, 0.25) is 0 Å². The first-order valence-corrected chi connectivity index (χ1v) is 7.85. The van der Waals surface area contributed by atoms with Crippen LogP contribution in [0.2, 0.25) is 0 Å². The highest BCUT2D eigenvalue weighted by Crippen LogP contribution is 2.31. The van der Waals surface area contributed by atoms with E-state index in [1.165, 1.54) is 0 Å². The number of carboxylic acid groups (broad SMARTS) is 1. The number of urea groups is 1. The van der Waals surface area contributed by atoms with E-state index in [4.69, 9.17) is 0 Å². The van der Waals surface area contributed by atoms with E-state index in [2.05, 4.69) is 18.9 Å². The van der Waals surface area contributed by atoms with Gasteiger partial charge in [0.05, 0.1) is 5.41 Å². The fourth-order valence-corrected chi connectivity index (χ4v) is 3.33. The maximum Gasteiger partial charge on any atom is 0.320 e. The Labute approximate surface area is 126 Å². The van der Waals surface area contributed by atoms with E-state index in [9.17, 15) is 14.7 Å². The van der Waals surface area contributed by atoms with Gasteiger partial charge in [-0.1, -0.05) is 6.92 Å². The zero-order chi connectivity index (χ0) is 15.6. The molecule has 6 nitrogen and oxygen atoms in total. The molecule has 0 aromatic carbocycles. The van der Waals surface area contributed by atoms with E-state index in [1.807, 2.05) is 4.90 Å². The number of rotatable bonds is 2. The van der Waals surface area contributed by atoms with Gasteiger partial charge in [0.15, 0.2) is 0 Å². The molecule has 21 heavy (non-hydrogen) atoms. The van der Waals surface area contributed by atoms with Gasteiger partial charge < -0.3 is 19.8 Å². The van der Waals surface area contributed by atoms with Gasteiger partial charge in [0, 0.05) is 32.2 Å². The molecule has 2 rings (SSSR count). The summed E-state index contributed by atoms with van der Waals surface area (Å²) >= 11 is 0. The summed E-state index contributed by atoms with van der Waals surface area (Å²) in [6.07, 6.45) is 2.45. The average Bonchev–Trinajstić information content (AvgIpc) is 2.74. The highest BCUT2D eigenvalue weighted by molar-refractivity contribution is 5.79. The van der Waals surface area contributed by atoms with E-state index in [-0.39, 0.29) is 12.1 Å². The largest absolute Gasteiger partial charge is 0.481 e. The Morgan fingerprint density at radius 2 is 2.00 bits per heavy atom. The minimum atomic E-state index is -0.805. The van der Waals surface area contributed by atoms with Gasteiger partial charge in [-0.25, -0.2) is 4.79 Å². The Hall–Kier alpha value is -1.30. The molecule has 0 aromatic heterocycles. The molecule has 1 N–H and O–H groups in total. The zero-order valence-electron chi connectivity index (χ0n) is 13.3. The maximum absolute atomic E-state index is 12.8. The summed E-state index contributed by atoms with van der Waals surface area (Å²) in [5, 5.41) is 9.30. The van der Waals surface area contributed by atoms with Crippen molar-refractivity contribution in [2.45, 2.75) is 39.2 Å². The summed E-state index contributed by atoms with van der Waals surface area (Å²) in [5.74, 6) is -0.805. The van der Waals surface area contributed by atoms with Crippen LogP contribution >= 0.6 is 0 Å². The Morgan fingerprint density at radius 1 is 1.29 bits per heavy atom. The van der Waals surface area contributed by atoms with Crippen LogP contribution in [0.3, 0.4) is 0 Å². The zero-order valence-corrected chi connectivity index (χ0v) is 13.3. The SMILES string of the molecule is CCC1CN(C)CCCN1C(=O)N1CCC(C)(C(=O)O)C1. The predicted molar refractivity (Wildman–Crippen MR) is 80.2 cm³/mol. The first-order chi connectivity index (χ1) is 9.87.